The first-order chi connectivity index (χ1) is 12.3. The first-order valence-electron chi connectivity index (χ1n) is 7.88. The lowest BCUT2D eigenvalue weighted by Gasteiger charge is -2.31. The maximum atomic E-state index is 12.6. The molecule has 0 N–H and O–H groups in total. The van der Waals surface area contributed by atoms with Gasteiger partial charge in [-0.3, -0.25) is 0 Å². The molecule has 1 fully saturated rings. The number of benzene rings is 1. The molecule has 1 aromatic carbocycles. The van der Waals surface area contributed by atoms with Gasteiger partial charge in [-0.2, -0.15) is 22.6 Å². The van der Waals surface area contributed by atoms with E-state index in [9.17, 15) is 21.6 Å². The van der Waals surface area contributed by atoms with Gasteiger partial charge in [0.1, 0.15) is 6.10 Å². The van der Waals surface area contributed by atoms with Crippen LogP contribution in [-0.4, -0.2) is 42.1 Å². The first kappa shape index (κ1) is 18.6. The Bertz CT molecular complexity index is 835. The molecular formula is C16H16F3N3O3S. The maximum absolute atomic E-state index is 12.6. The van der Waals surface area contributed by atoms with Crippen LogP contribution in [0.3, 0.4) is 0 Å². The predicted octanol–water partition coefficient (Wildman–Crippen LogP) is 2.73. The summed E-state index contributed by atoms with van der Waals surface area (Å²) in [7, 11) is -3.84. The molecule has 10 heteroatoms. The van der Waals surface area contributed by atoms with E-state index in [1.54, 1.807) is 12.1 Å². The lowest BCUT2D eigenvalue weighted by molar-refractivity contribution is -0.137. The summed E-state index contributed by atoms with van der Waals surface area (Å²) in [6, 6.07) is 6.87. The van der Waals surface area contributed by atoms with Gasteiger partial charge in [-0.25, -0.2) is 8.42 Å². The van der Waals surface area contributed by atoms with Gasteiger partial charge in [0.2, 0.25) is 15.9 Å². The molecule has 0 aliphatic carbocycles. The standard InChI is InChI=1S/C16H16F3N3O3S/c17-16(18,19)12-3-5-14(6-4-12)26(23,24)22-10-7-13(8-11-22)25-15-2-1-9-20-21-15/h1-6,9,13H,7-8,10-11H2. The largest absolute Gasteiger partial charge is 0.473 e. The number of hydrogen-bond donors (Lipinski definition) is 0. The lowest BCUT2D eigenvalue weighted by Crippen LogP contribution is -2.41. The summed E-state index contributed by atoms with van der Waals surface area (Å²) < 4.78 is 69.9. The van der Waals surface area contributed by atoms with Crippen LogP contribution in [0.4, 0.5) is 13.2 Å². The Balaban J connectivity index is 1.64. The van der Waals surface area contributed by atoms with E-state index in [4.69, 9.17) is 4.74 Å². The maximum Gasteiger partial charge on any atom is 0.416 e. The van der Waals surface area contributed by atoms with E-state index in [-0.39, 0.29) is 24.1 Å². The van der Waals surface area contributed by atoms with Crippen LogP contribution in [0.25, 0.3) is 0 Å². The summed E-state index contributed by atoms with van der Waals surface area (Å²) in [5.74, 6) is 0.372. The number of ether oxygens (including phenoxy) is 1. The zero-order valence-electron chi connectivity index (χ0n) is 13.6. The Hall–Kier alpha value is -2.20. The molecule has 0 spiro atoms. The zero-order valence-corrected chi connectivity index (χ0v) is 14.4. The second-order valence-electron chi connectivity index (χ2n) is 5.81. The quantitative estimate of drug-likeness (QED) is 0.807. The second-order valence-corrected chi connectivity index (χ2v) is 7.74. The predicted molar refractivity (Wildman–Crippen MR) is 85.9 cm³/mol. The highest BCUT2D eigenvalue weighted by Crippen LogP contribution is 2.30. The highest BCUT2D eigenvalue weighted by atomic mass is 32.2. The fourth-order valence-corrected chi connectivity index (χ4v) is 4.15. The van der Waals surface area contributed by atoms with Crippen LogP contribution in [0.1, 0.15) is 18.4 Å². The van der Waals surface area contributed by atoms with Crippen molar-refractivity contribution in [2.24, 2.45) is 0 Å². The number of rotatable bonds is 4. The van der Waals surface area contributed by atoms with Gasteiger partial charge in [-0.1, -0.05) is 0 Å². The summed E-state index contributed by atoms with van der Waals surface area (Å²) in [5, 5.41) is 7.53. The topological polar surface area (TPSA) is 72.4 Å². The van der Waals surface area contributed by atoms with Gasteiger partial charge < -0.3 is 4.74 Å². The van der Waals surface area contributed by atoms with Crippen LogP contribution in [0.2, 0.25) is 0 Å². The molecule has 26 heavy (non-hydrogen) atoms. The van der Waals surface area contributed by atoms with Crippen molar-refractivity contribution in [2.75, 3.05) is 13.1 Å². The minimum absolute atomic E-state index is 0.154. The van der Waals surface area contributed by atoms with Crippen LogP contribution < -0.4 is 4.74 Å². The van der Waals surface area contributed by atoms with Crippen molar-refractivity contribution < 1.29 is 26.3 Å². The SMILES string of the molecule is O=S(=O)(c1ccc(C(F)(F)F)cc1)N1CCC(Oc2cccnn2)CC1. The fourth-order valence-electron chi connectivity index (χ4n) is 2.68. The number of nitrogens with zero attached hydrogens (tertiary/aromatic N) is 3. The molecule has 2 aromatic rings. The van der Waals surface area contributed by atoms with Gasteiger partial charge in [0, 0.05) is 25.4 Å². The molecule has 2 heterocycles. The number of alkyl halides is 3. The summed E-state index contributed by atoms with van der Waals surface area (Å²) in [6.45, 7) is 0.433. The Morgan fingerprint density at radius 2 is 1.73 bits per heavy atom. The monoisotopic (exact) mass is 387 g/mol. The van der Waals surface area contributed by atoms with Crippen LogP contribution in [0.15, 0.2) is 47.5 Å². The molecule has 0 amide bonds. The minimum atomic E-state index is -4.50. The van der Waals surface area contributed by atoms with E-state index < -0.39 is 21.8 Å². The number of aromatic nitrogens is 2. The van der Waals surface area contributed by atoms with Crippen molar-refractivity contribution in [3.8, 4) is 5.88 Å². The molecule has 0 atom stereocenters. The second kappa shape index (κ2) is 7.20. The molecule has 6 nitrogen and oxygen atoms in total. The molecule has 0 bridgehead atoms. The molecule has 1 aliphatic rings. The average Bonchev–Trinajstić information content (AvgIpc) is 2.62. The molecule has 140 valence electrons. The van der Waals surface area contributed by atoms with Gasteiger partial charge in [0.15, 0.2) is 0 Å². The van der Waals surface area contributed by atoms with Crippen molar-refractivity contribution in [1.29, 1.82) is 0 Å². The van der Waals surface area contributed by atoms with Crippen LogP contribution in [-0.2, 0) is 16.2 Å². The molecule has 1 saturated heterocycles. The van der Waals surface area contributed by atoms with Crippen LogP contribution in [0, 0.1) is 0 Å². The molecule has 1 aliphatic heterocycles. The van der Waals surface area contributed by atoms with Gasteiger partial charge in [-0.15, -0.1) is 5.10 Å². The van der Waals surface area contributed by atoms with E-state index in [0.29, 0.717) is 18.7 Å². The lowest BCUT2D eigenvalue weighted by atomic mass is 10.1. The summed E-state index contributed by atoms with van der Waals surface area (Å²) >= 11 is 0. The third-order valence-corrected chi connectivity index (χ3v) is 5.97. The Kier molecular flexibility index (Phi) is 5.15. The van der Waals surface area contributed by atoms with Crippen molar-refractivity contribution >= 4 is 10.0 Å². The van der Waals surface area contributed by atoms with Gasteiger partial charge in [0.25, 0.3) is 0 Å². The number of piperidine rings is 1. The van der Waals surface area contributed by atoms with Crippen LogP contribution in [0.5, 0.6) is 5.88 Å². The third kappa shape index (κ3) is 4.13. The molecule has 1 aromatic heterocycles. The first-order valence-corrected chi connectivity index (χ1v) is 9.32. The van der Waals surface area contributed by atoms with E-state index in [1.807, 2.05) is 0 Å². The van der Waals surface area contributed by atoms with E-state index in [0.717, 1.165) is 24.3 Å². The fraction of sp³-hybridized carbons (Fsp3) is 0.375. The third-order valence-electron chi connectivity index (χ3n) is 4.06. The summed E-state index contributed by atoms with van der Waals surface area (Å²) in [4.78, 5) is -0.154. The van der Waals surface area contributed by atoms with E-state index in [2.05, 4.69) is 10.2 Å². The Morgan fingerprint density at radius 3 is 2.27 bits per heavy atom. The normalized spacial score (nSPS) is 17.2. The van der Waals surface area contributed by atoms with Gasteiger partial charge >= 0.3 is 6.18 Å². The summed E-state index contributed by atoms with van der Waals surface area (Å²) in [6.07, 6.45) is -2.26. The highest BCUT2D eigenvalue weighted by molar-refractivity contribution is 7.89. The molecular weight excluding hydrogens is 371 g/mol. The van der Waals surface area contributed by atoms with Crippen molar-refractivity contribution in [3.63, 3.8) is 0 Å². The smallest absolute Gasteiger partial charge is 0.416 e. The summed E-state index contributed by atoms with van der Waals surface area (Å²) in [5.41, 5.74) is -0.882. The number of hydrogen-bond acceptors (Lipinski definition) is 5. The number of halogens is 3. The van der Waals surface area contributed by atoms with Crippen molar-refractivity contribution in [2.45, 2.75) is 30.0 Å². The molecule has 0 radical (unpaired) electrons. The number of sulfonamides is 1. The minimum Gasteiger partial charge on any atom is -0.473 e. The Morgan fingerprint density at radius 1 is 1.08 bits per heavy atom. The van der Waals surface area contributed by atoms with Gasteiger partial charge in [0.05, 0.1) is 10.5 Å². The zero-order chi connectivity index (χ0) is 18.8. The van der Waals surface area contributed by atoms with Crippen LogP contribution >= 0.6 is 0 Å². The van der Waals surface area contributed by atoms with E-state index in [1.165, 1.54) is 10.5 Å². The highest BCUT2D eigenvalue weighted by Gasteiger charge is 2.33. The average molecular weight is 387 g/mol. The molecule has 0 saturated carbocycles. The molecule has 3 rings (SSSR count). The molecule has 0 unspecified atom stereocenters. The van der Waals surface area contributed by atoms with Crippen molar-refractivity contribution in [3.05, 3.63) is 48.2 Å². The van der Waals surface area contributed by atoms with Gasteiger partial charge in [-0.05, 0) is 43.2 Å². The Labute approximate surface area is 148 Å². The van der Waals surface area contributed by atoms with Crippen molar-refractivity contribution in [1.82, 2.24) is 14.5 Å². The van der Waals surface area contributed by atoms with E-state index >= 15 is 0 Å².